The summed E-state index contributed by atoms with van der Waals surface area (Å²) in [5, 5.41) is 9.29. The van der Waals surface area contributed by atoms with Crippen molar-refractivity contribution in [2.24, 2.45) is 11.3 Å². The molecule has 0 radical (unpaired) electrons. The Labute approximate surface area is 99.4 Å². The van der Waals surface area contributed by atoms with Gasteiger partial charge in [-0.05, 0) is 58.8 Å². The fourth-order valence-electron chi connectivity index (χ4n) is 2.86. The summed E-state index contributed by atoms with van der Waals surface area (Å²) in [5.74, 6) is 0.900. The van der Waals surface area contributed by atoms with Crippen molar-refractivity contribution in [2.75, 3.05) is 46.9 Å². The van der Waals surface area contributed by atoms with E-state index >= 15 is 0 Å². The van der Waals surface area contributed by atoms with Gasteiger partial charge in [0.25, 0.3) is 0 Å². The van der Waals surface area contributed by atoms with E-state index in [2.05, 4.69) is 23.9 Å². The molecule has 1 heterocycles. The van der Waals surface area contributed by atoms with Gasteiger partial charge < -0.3 is 14.9 Å². The summed E-state index contributed by atoms with van der Waals surface area (Å²) >= 11 is 0. The maximum Gasteiger partial charge on any atom is 0.0499 e. The molecule has 0 spiro atoms. The van der Waals surface area contributed by atoms with Gasteiger partial charge in [-0.3, -0.25) is 0 Å². The van der Waals surface area contributed by atoms with E-state index < -0.39 is 0 Å². The van der Waals surface area contributed by atoms with Gasteiger partial charge in [-0.1, -0.05) is 0 Å². The topological polar surface area (TPSA) is 26.7 Å². The van der Waals surface area contributed by atoms with Crippen molar-refractivity contribution in [3.05, 3.63) is 0 Å². The Morgan fingerprint density at radius 3 is 2.69 bits per heavy atom. The minimum absolute atomic E-state index is 0.279. The second kappa shape index (κ2) is 5.03. The highest BCUT2D eigenvalue weighted by Crippen LogP contribution is 2.45. The maximum absolute atomic E-state index is 9.29. The Balaban J connectivity index is 1.62. The van der Waals surface area contributed by atoms with E-state index in [9.17, 15) is 5.11 Å². The molecule has 1 saturated carbocycles. The van der Waals surface area contributed by atoms with Gasteiger partial charge in [0.2, 0.25) is 0 Å². The molecular formula is C13H26N2O. The van der Waals surface area contributed by atoms with E-state index in [0.29, 0.717) is 6.61 Å². The summed E-state index contributed by atoms with van der Waals surface area (Å²) in [5.41, 5.74) is 0.279. The number of nitrogens with zero attached hydrogens (tertiary/aromatic N) is 2. The first-order valence-electron chi connectivity index (χ1n) is 6.61. The van der Waals surface area contributed by atoms with Crippen LogP contribution in [0.5, 0.6) is 0 Å². The van der Waals surface area contributed by atoms with Crippen molar-refractivity contribution in [1.29, 1.82) is 0 Å². The number of aliphatic hydroxyl groups is 1. The third kappa shape index (κ3) is 3.19. The number of hydrogen-bond acceptors (Lipinski definition) is 3. The molecule has 1 saturated heterocycles. The van der Waals surface area contributed by atoms with Crippen LogP contribution < -0.4 is 0 Å². The lowest BCUT2D eigenvalue weighted by Crippen LogP contribution is -2.30. The zero-order valence-corrected chi connectivity index (χ0v) is 10.8. The maximum atomic E-state index is 9.29. The van der Waals surface area contributed by atoms with Crippen LogP contribution in [0.2, 0.25) is 0 Å². The van der Waals surface area contributed by atoms with Gasteiger partial charge in [0.05, 0.1) is 0 Å². The molecule has 0 aromatic carbocycles. The zero-order valence-electron chi connectivity index (χ0n) is 10.8. The van der Waals surface area contributed by atoms with Crippen LogP contribution in [-0.2, 0) is 0 Å². The Bertz CT molecular complexity index is 228. The highest BCUT2D eigenvalue weighted by molar-refractivity contribution is 4.94. The fourth-order valence-corrected chi connectivity index (χ4v) is 2.86. The molecule has 1 unspecified atom stereocenters. The molecule has 2 rings (SSSR count). The van der Waals surface area contributed by atoms with E-state index in [1.807, 2.05) is 0 Å². The second-order valence-electron chi connectivity index (χ2n) is 6.10. The largest absolute Gasteiger partial charge is 0.396 e. The molecule has 94 valence electrons. The fraction of sp³-hybridized carbons (Fsp3) is 1.00. The van der Waals surface area contributed by atoms with Gasteiger partial charge in [0, 0.05) is 25.1 Å². The molecule has 2 aliphatic rings. The van der Waals surface area contributed by atoms with Crippen LogP contribution in [0.25, 0.3) is 0 Å². The monoisotopic (exact) mass is 226 g/mol. The summed E-state index contributed by atoms with van der Waals surface area (Å²) in [6.07, 6.45) is 5.14. The number of rotatable bonds is 6. The zero-order chi connectivity index (χ0) is 11.6. The number of likely N-dealkylation sites (tertiary alicyclic amines) is 1. The molecule has 0 aromatic heterocycles. The molecule has 0 bridgehead atoms. The smallest absolute Gasteiger partial charge is 0.0499 e. The molecule has 0 amide bonds. The van der Waals surface area contributed by atoms with E-state index in [1.54, 1.807) is 0 Å². The summed E-state index contributed by atoms with van der Waals surface area (Å²) in [4.78, 5) is 4.85. The standard InChI is InChI=1S/C13H26N2O/c1-14-7-3-12(9-14)4-8-15(2)10-13(11-16)5-6-13/h12,16H,3-11H2,1-2H3. The van der Waals surface area contributed by atoms with Gasteiger partial charge in [-0.15, -0.1) is 0 Å². The van der Waals surface area contributed by atoms with Crippen molar-refractivity contribution < 1.29 is 5.11 Å². The SMILES string of the molecule is CN1CCC(CCN(C)CC2(CO)CC2)C1. The van der Waals surface area contributed by atoms with E-state index in [4.69, 9.17) is 0 Å². The average Bonchev–Trinajstić information content (AvgIpc) is 2.91. The van der Waals surface area contributed by atoms with Gasteiger partial charge in [0.1, 0.15) is 0 Å². The molecule has 3 nitrogen and oxygen atoms in total. The van der Waals surface area contributed by atoms with Crippen molar-refractivity contribution in [1.82, 2.24) is 9.80 Å². The molecule has 16 heavy (non-hydrogen) atoms. The predicted molar refractivity (Wildman–Crippen MR) is 66.5 cm³/mol. The van der Waals surface area contributed by atoms with Crippen LogP contribution in [0.4, 0.5) is 0 Å². The van der Waals surface area contributed by atoms with Crippen molar-refractivity contribution in [2.45, 2.75) is 25.7 Å². The minimum atomic E-state index is 0.279. The Kier molecular flexibility index (Phi) is 3.88. The molecule has 0 aromatic rings. The van der Waals surface area contributed by atoms with Crippen molar-refractivity contribution in [3.63, 3.8) is 0 Å². The van der Waals surface area contributed by atoms with Crippen LogP contribution in [-0.4, -0.2) is 61.8 Å². The summed E-state index contributed by atoms with van der Waals surface area (Å²) in [6.45, 7) is 5.21. The third-order valence-corrected chi connectivity index (χ3v) is 4.31. The normalized spacial score (nSPS) is 28.9. The van der Waals surface area contributed by atoms with Crippen LogP contribution in [0.15, 0.2) is 0 Å². The molecule has 1 N–H and O–H groups in total. The first-order valence-corrected chi connectivity index (χ1v) is 6.61. The van der Waals surface area contributed by atoms with Crippen LogP contribution in [0.3, 0.4) is 0 Å². The first kappa shape index (κ1) is 12.3. The summed E-state index contributed by atoms with van der Waals surface area (Å²) in [7, 11) is 4.42. The van der Waals surface area contributed by atoms with Gasteiger partial charge in [0.15, 0.2) is 0 Å². The van der Waals surface area contributed by atoms with Gasteiger partial charge in [-0.2, -0.15) is 0 Å². The Morgan fingerprint density at radius 1 is 1.44 bits per heavy atom. The Hall–Kier alpha value is -0.120. The van der Waals surface area contributed by atoms with Gasteiger partial charge >= 0.3 is 0 Å². The highest BCUT2D eigenvalue weighted by atomic mass is 16.3. The molecule has 3 heteroatoms. The highest BCUT2D eigenvalue weighted by Gasteiger charge is 2.42. The molecule has 1 atom stereocenters. The quantitative estimate of drug-likeness (QED) is 0.733. The lowest BCUT2D eigenvalue weighted by Gasteiger charge is -2.23. The number of hydrogen-bond donors (Lipinski definition) is 1. The second-order valence-corrected chi connectivity index (χ2v) is 6.10. The van der Waals surface area contributed by atoms with Gasteiger partial charge in [-0.25, -0.2) is 0 Å². The van der Waals surface area contributed by atoms with Crippen LogP contribution >= 0.6 is 0 Å². The average molecular weight is 226 g/mol. The molecule has 2 fully saturated rings. The Morgan fingerprint density at radius 2 is 2.19 bits per heavy atom. The van der Waals surface area contributed by atoms with E-state index in [-0.39, 0.29) is 5.41 Å². The first-order chi connectivity index (χ1) is 7.63. The summed E-state index contributed by atoms with van der Waals surface area (Å²) < 4.78 is 0. The lowest BCUT2D eigenvalue weighted by molar-refractivity contribution is 0.160. The van der Waals surface area contributed by atoms with Crippen LogP contribution in [0, 0.1) is 11.3 Å². The van der Waals surface area contributed by atoms with Crippen molar-refractivity contribution in [3.8, 4) is 0 Å². The van der Waals surface area contributed by atoms with E-state index in [1.165, 1.54) is 45.3 Å². The summed E-state index contributed by atoms with van der Waals surface area (Å²) in [6, 6.07) is 0. The molecular weight excluding hydrogens is 200 g/mol. The van der Waals surface area contributed by atoms with Crippen molar-refractivity contribution >= 4 is 0 Å². The number of aliphatic hydroxyl groups excluding tert-OH is 1. The van der Waals surface area contributed by atoms with Crippen LogP contribution in [0.1, 0.15) is 25.7 Å². The third-order valence-electron chi connectivity index (χ3n) is 4.31. The lowest BCUT2D eigenvalue weighted by atomic mass is 10.0. The molecule has 1 aliphatic heterocycles. The minimum Gasteiger partial charge on any atom is -0.396 e. The predicted octanol–water partition coefficient (Wildman–Crippen LogP) is 1.03. The molecule has 1 aliphatic carbocycles. The van der Waals surface area contributed by atoms with E-state index in [0.717, 1.165) is 12.5 Å².